The van der Waals surface area contributed by atoms with Crippen LogP contribution in [0.15, 0.2) is 66.9 Å². The lowest BCUT2D eigenvalue weighted by atomic mass is 10.1. The second kappa shape index (κ2) is 8.71. The molecule has 150 valence electrons. The number of benzene rings is 2. The molecule has 0 aliphatic carbocycles. The number of aromatic nitrogens is 2. The lowest BCUT2D eigenvalue weighted by molar-refractivity contribution is -0.668. The van der Waals surface area contributed by atoms with Gasteiger partial charge >= 0.3 is 5.65 Å². The van der Waals surface area contributed by atoms with Crippen LogP contribution in [0, 0.1) is 27.7 Å². The van der Waals surface area contributed by atoms with Crippen LogP contribution < -0.4 is 21.7 Å². The van der Waals surface area contributed by atoms with Gasteiger partial charge in [0.25, 0.3) is 0 Å². The van der Waals surface area contributed by atoms with E-state index in [0.717, 1.165) is 17.9 Å². The summed E-state index contributed by atoms with van der Waals surface area (Å²) in [6.07, 6.45) is 2.12. The van der Waals surface area contributed by atoms with E-state index in [2.05, 4.69) is 85.3 Å². The first kappa shape index (κ1) is 20.9. The number of rotatable bonds is 5. The standard InChI is InChI=1S/C25H27N2O.ClH/c1-18-12-13-23(15-19(18)2)16-27-21(4)20(3)26-14-8-11-24(25(26)27)28-17-22-9-6-5-7-10-22;/h5-15H,16-17H2,1-4H3;1H/q+1;/p-1. The third-order valence-corrected chi connectivity index (χ3v) is 5.63. The van der Waals surface area contributed by atoms with E-state index in [1.807, 2.05) is 18.2 Å². The van der Waals surface area contributed by atoms with E-state index < -0.39 is 0 Å². The van der Waals surface area contributed by atoms with Crippen molar-refractivity contribution in [1.82, 2.24) is 4.40 Å². The smallest absolute Gasteiger partial charge is 0.329 e. The molecule has 0 aliphatic heterocycles. The average molecular weight is 407 g/mol. The highest BCUT2D eigenvalue weighted by molar-refractivity contribution is 5.51. The molecule has 3 nitrogen and oxygen atoms in total. The molecule has 29 heavy (non-hydrogen) atoms. The van der Waals surface area contributed by atoms with Gasteiger partial charge in [0, 0.05) is 13.8 Å². The van der Waals surface area contributed by atoms with Crippen LogP contribution in [0.25, 0.3) is 5.65 Å². The Labute approximate surface area is 179 Å². The molecule has 0 saturated carbocycles. The molecule has 0 radical (unpaired) electrons. The molecule has 0 spiro atoms. The van der Waals surface area contributed by atoms with Gasteiger partial charge in [0.2, 0.25) is 5.75 Å². The zero-order valence-corrected chi connectivity index (χ0v) is 18.2. The number of imidazole rings is 1. The average Bonchev–Trinajstić information content (AvgIpc) is 2.95. The molecule has 0 amide bonds. The van der Waals surface area contributed by atoms with E-state index in [-0.39, 0.29) is 12.4 Å². The molecule has 4 heteroatoms. The van der Waals surface area contributed by atoms with E-state index in [9.17, 15) is 0 Å². The molecule has 2 heterocycles. The van der Waals surface area contributed by atoms with Crippen LogP contribution in [0.4, 0.5) is 0 Å². The number of halogens is 1. The summed E-state index contributed by atoms with van der Waals surface area (Å²) < 4.78 is 10.8. The molecule has 0 unspecified atom stereocenters. The van der Waals surface area contributed by atoms with Crippen molar-refractivity contribution in [1.29, 1.82) is 0 Å². The fraction of sp³-hybridized carbons (Fsp3) is 0.240. The maximum Gasteiger partial charge on any atom is 0.329 e. The molecule has 2 aromatic heterocycles. The number of ether oxygens (including phenoxy) is 1. The number of aryl methyl sites for hydroxylation is 3. The third-order valence-electron chi connectivity index (χ3n) is 5.63. The van der Waals surface area contributed by atoms with Crippen molar-refractivity contribution in [3.05, 3.63) is 101 Å². The van der Waals surface area contributed by atoms with Crippen molar-refractivity contribution in [2.75, 3.05) is 0 Å². The van der Waals surface area contributed by atoms with Crippen LogP contribution in [0.1, 0.15) is 33.6 Å². The largest absolute Gasteiger partial charge is 1.00 e. The van der Waals surface area contributed by atoms with Gasteiger partial charge in [-0.25, -0.2) is 4.57 Å². The van der Waals surface area contributed by atoms with Crippen molar-refractivity contribution in [2.24, 2.45) is 0 Å². The van der Waals surface area contributed by atoms with Gasteiger partial charge in [0.1, 0.15) is 24.5 Å². The predicted molar refractivity (Wildman–Crippen MR) is 113 cm³/mol. The predicted octanol–water partition coefficient (Wildman–Crippen LogP) is 2.09. The van der Waals surface area contributed by atoms with Crippen LogP contribution in [0.5, 0.6) is 5.75 Å². The van der Waals surface area contributed by atoms with Gasteiger partial charge in [0.15, 0.2) is 0 Å². The highest BCUT2D eigenvalue weighted by Gasteiger charge is 2.24. The summed E-state index contributed by atoms with van der Waals surface area (Å²) in [6.45, 7) is 10.1. The molecular formula is C25H27ClN2O. The topological polar surface area (TPSA) is 17.5 Å². The molecule has 0 aliphatic rings. The third kappa shape index (κ3) is 4.15. The Morgan fingerprint density at radius 3 is 2.31 bits per heavy atom. The lowest BCUT2D eigenvalue weighted by Gasteiger charge is -2.08. The van der Waals surface area contributed by atoms with E-state index in [1.54, 1.807) is 0 Å². The van der Waals surface area contributed by atoms with Crippen LogP contribution in [0.3, 0.4) is 0 Å². The van der Waals surface area contributed by atoms with Crippen molar-refractivity contribution in [2.45, 2.75) is 40.8 Å². The molecular weight excluding hydrogens is 380 g/mol. The van der Waals surface area contributed by atoms with Crippen LogP contribution in [0.2, 0.25) is 0 Å². The van der Waals surface area contributed by atoms with E-state index in [1.165, 1.54) is 33.6 Å². The van der Waals surface area contributed by atoms with E-state index in [4.69, 9.17) is 4.74 Å². The molecule has 4 aromatic rings. The number of pyridine rings is 1. The first-order valence-electron chi connectivity index (χ1n) is 9.77. The van der Waals surface area contributed by atoms with Gasteiger partial charge in [0.05, 0.1) is 6.20 Å². The van der Waals surface area contributed by atoms with Crippen molar-refractivity contribution < 1.29 is 21.7 Å². The minimum absolute atomic E-state index is 0. The summed E-state index contributed by atoms with van der Waals surface area (Å²) in [5.74, 6) is 0.909. The number of hydrogen-bond donors (Lipinski definition) is 0. The second-order valence-corrected chi connectivity index (χ2v) is 7.52. The highest BCUT2D eigenvalue weighted by Crippen LogP contribution is 2.22. The quantitative estimate of drug-likeness (QED) is 0.464. The Bertz CT molecular complexity index is 1130. The van der Waals surface area contributed by atoms with Gasteiger partial charge in [-0.1, -0.05) is 48.5 Å². The maximum absolute atomic E-state index is 6.25. The van der Waals surface area contributed by atoms with E-state index >= 15 is 0 Å². The Kier molecular flexibility index (Phi) is 6.29. The normalized spacial score (nSPS) is 10.8. The monoisotopic (exact) mass is 406 g/mol. The summed E-state index contributed by atoms with van der Waals surface area (Å²) in [5, 5.41) is 0. The van der Waals surface area contributed by atoms with Crippen molar-refractivity contribution >= 4 is 5.65 Å². The molecule has 0 N–H and O–H groups in total. The van der Waals surface area contributed by atoms with Crippen molar-refractivity contribution in [3.8, 4) is 5.75 Å². The van der Waals surface area contributed by atoms with Crippen LogP contribution in [-0.4, -0.2) is 4.40 Å². The van der Waals surface area contributed by atoms with Gasteiger partial charge in [-0.3, -0.25) is 0 Å². The number of fused-ring (bicyclic) bond motifs is 1. The van der Waals surface area contributed by atoms with Crippen LogP contribution in [-0.2, 0) is 13.2 Å². The Morgan fingerprint density at radius 2 is 1.59 bits per heavy atom. The first-order chi connectivity index (χ1) is 13.5. The van der Waals surface area contributed by atoms with Gasteiger partial charge in [-0.05, 0) is 48.2 Å². The minimum Gasteiger partial charge on any atom is -1.00 e. The summed E-state index contributed by atoms with van der Waals surface area (Å²) in [6, 6.07) is 21.1. The maximum atomic E-state index is 6.25. The zero-order valence-electron chi connectivity index (χ0n) is 17.4. The first-order valence-corrected chi connectivity index (χ1v) is 9.77. The molecule has 2 aromatic carbocycles. The number of hydrogen-bond acceptors (Lipinski definition) is 1. The lowest BCUT2D eigenvalue weighted by Crippen LogP contribution is -3.00. The van der Waals surface area contributed by atoms with Gasteiger partial charge < -0.3 is 17.1 Å². The number of nitrogens with zero attached hydrogens (tertiary/aromatic N) is 2. The van der Waals surface area contributed by atoms with E-state index in [0.29, 0.717) is 6.61 Å². The van der Waals surface area contributed by atoms with Gasteiger partial charge in [-0.15, -0.1) is 0 Å². The highest BCUT2D eigenvalue weighted by atomic mass is 35.5. The fourth-order valence-electron chi connectivity index (χ4n) is 3.67. The van der Waals surface area contributed by atoms with Gasteiger partial charge in [-0.2, -0.15) is 4.40 Å². The molecule has 0 saturated heterocycles. The SMILES string of the molecule is Cc1ccc(C[n+]2c(C)c(C)n3cccc(OCc4ccccc4)c32)cc1C.[Cl-]. The minimum atomic E-state index is 0. The Morgan fingerprint density at radius 1 is 0.828 bits per heavy atom. The van der Waals surface area contributed by atoms with Crippen LogP contribution >= 0.6 is 0 Å². The molecule has 0 atom stereocenters. The Hall–Kier alpha value is -2.78. The Balaban J connectivity index is 0.00000240. The summed E-state index contributed by atoms with van der Waals surface area (Å²) >= 11 is 0. The van der Waals surface area contributed by atoms with Crippen molar-refractivity contribution in [3.63, 3.8) is 0 Å². The molecule has 4 rings (SSSR count). The second-order valence-electron chi connectivity index (χ2n) is 7.52. The molecule has 0 bridgehead atoms. The molecule has 0 fully saturated rings. The summed E-state index contributed by atoms with van der Waals surface area (Å²) in [4.78, 5) is 0. The summed E-state index contributed by atoms with van der Waals surface area (Å²) in [5.41, 5.74) is 8.74. The summed E-state index contributed by atoms with van der Waals surface area (Å²) in [7, 11) is 0. The zero-order chi connectivity index (χ0) is 19.7. The fourth-order valence-corrected chi connectivity index (χ4v) is 3.67.